The van der Waals surface area contributed by atoms with Crippen molar-refractivity contribution in [3.05, 3.63) is 28.8 Å². The molecular weight excluding hydrogens is 189 g/mol. The molecule has 0 atom stereocenters. The van der Waals surface area contributed by atoms with E-state index in [-0.39, 0.29) is 6.67 Å². The lowest BCUT2D eigenvalue weighted by Crippen LogP contribution is -2.03. The van der Waals surface area contributed by atoms with Crippen LogP contribution >= 0.6 is 11.6 Å². The van der Waals surface area contributed by atoms with E-state index in [0.29, 0.717) is 13.0 Å². The van der Waals surface area contributed by atoms with Crippen molar-refractivity contribution in [3.8, 4) is 0 Å². The maximum Gasteiger partial charge on any atom is 0.0911 e. The molecule has 0 unspecified atom stereocenters. The first-order valence-electron chi connectivity index (χ1n) is 4.30. The van der Waals surface area contributed by atoms with Crippen LogP contribution in [0.25, 0.3) is 0 Å². The smallest absolute Gasteiger partial charge is 0.0911 e. The second kappa shape index (κ2) is 5.07. The highest BCUT2D eigenvalue weighted by molar-refractivity contribution is 6.31. The van der Waals surface area contributed by atoms with Gasteiger partial charge in [-0.3, -0.25) is 4.39 Å². The van der Waals surface area contributed by atoms with E-state index in [2.05, 4.69) is 5.32 Å². The van der Waals surface area contributed by atoms with Crippen molar-refractivity contribution >= 4 is 17.3 Å². The van der Waals surface area contributed by atoms with Crippen LogP contribution in [0.5, 0.6) is 0 Å². The molecule has 0 amide bonds. The molecule has 1 nitrogen and oxygen atoms in total. The first kappa shape index (κ1) is 10.3. The summed E-state index contributed by atoms with van der Waals surface area (Å²) < 4.78 is 11.8. The van der Waals surface area contributed by atoms with Gasteiger partial charge in [-0.1, -0.05) is 17.7 Å². The molecular formula is C10H13ClFN. The zero-order chi connectivity index (χ0) is 9.68. The van der Waals surface area contributed by atoms with Crippen molar-refractivity contribution in [3.63, 3.8) is 0 Å². The molecule has 3 heteroatoms. The van der Waals surface area contributed by atoms with Crippen molar-refractivity contribution in [2.75, 3.05) is 18.5 Å². The van der Waals surface area contributed by atoms with Gasteiger partial charge in [0, 0.05) is 17.3 Å². The van der Waals surface area contributed by atoms with Crippen molar-refractivity contribution in [1.82, 2.24) is 0 Å². The fourth-order valence-electron chi connectivity index (χ4n) is 1.09. The molecule has 0 bridgehead atoms. The maximum atomic E-state index is 11.8. The molecule has 72 valence electrons. The Morgan fingerprint density at radius 3 is 2.92 bits per heavy atom. The minimum atomic E-state index is -0.285. The van der Waals surface area contributed by atoms with E-state index >= 15 is 0 Å². The standard InChI is InChI=1S/C10H13ClFN/c1-8-9(11)4-2-5-10(8)13-7-3-6-12/h2,4-5,13H,3,6-7H2,1H3. The van der Waals surface area contributed by atoms with Crippen molar-refractivity contribution in [1.29, 1.82) is 0 Å². The Labute approximate surface area is 82.9 Å². The van der Waals surface area contributed by atoms with Crippen LogP contribution in [0.1, 0.15) is 12.0 Å². The second-order valence-corrected chi connectivity index (χ2v) is 3.29. The maximum absolute atomic E-state index is 11.8. The molecule has 0 heterocycles. The van der Waals surface area contributed by atoms with Crippen LogP contribution < -0.4 is 5.32 Å². The number of alkyl halides is 1. The van der Waals surface area contributed by atoms with Crippen LogP contribution in [0.4, 0.5) is 10.1 Å². The summed E-state index contributed by atoms with van der Waals surface area (Å²) in [6.07, 6.45) is 0.534. The molecule has 1 rings (SSSR count). The minimum absolute atomic E-state index is 0.285. The van der Waals surface area contributed by atoms with E-state index in [0.717, 1.165) is 16.3 Å². The van der Waals surface area contributed by atoms with Gasteiger partial charge in [0.15, 0.2) is 0 Å². The Bertz CT molecular complexity index is 276. The number of hydrogen-bond donors (Lipinski definition) is 1. The zero-order valence-corrected chi connectivity index (χ0v) is 8.37. The normalized spacial score (nSPS) is 10.1. The van der Waals surface area contributed by atoms with E-state index in [1.54, 1.807) is 0 Å². The molecule has 0 fully saturated rings. The van der Waals surface area contributed by atoms with Crippen LogP contribution in [0, 0.1) is 6.92 Å². The van der Waals surface area contributed by atoms with E-state index in [9.17, 15) is 4.39 Å². The Morgan fingerprint density at radius 1 is 1.46 bits per heavy atom. The molecule has 1 N–H and O–H groups in total. The summed E-state index contributed by atoms with van der Waals surface area (Å²) in [6.45, 7) is 2.31. The minimum Gasteiger partial charge on any atom is -0.385 e. The van der Waals surface area contributed by atoms with E-state index in [4.69, 9.17) is 11.6 Å². The van der Waals surface area contributed by atoms with Crippen LogP contribution in [0.15, 0.2) is 18.2 Å². The summed E-state index contributed by atoms with van der Waals surface area (Å²) in [5.41, 5.74) is 2.00. The fourth-order valence-corrected chi connectivity index (χ4v) is 1.26. The summed E-state index contributed by atoms with van der Waals surface area (Å²) in [5, 5.41) is 3.87. The lowest BCUT2D eigenvalue weighted by Gasteiger charge is -2.09. The summed E-state index contributed by atoms with van der Waals surface area (Å²) in [7, 11) is 0. The van der Waals surface area contributed by atoms with Crippen LogP contribution in [0.3, 0.4) is 0 Å². The zero-order valence-electron chi connectivity index (χ0n) is 7.61. The first-order valence-corrected chi connectivity index (χ1v) is 4.68. The monoisotopic (exact) mass is 201 g/mol. The SMILES string of the molecule is Cc1c(Cl)cccc1NCCCF. The lowest BCUT2D eigenvalue weighted by atomic mass is 10.2. The summed E-state index contributed by atoms with van der Waals surface area (Å²) in [4.78, 5) is 0. The fraction of sp³-hybridized carbons (Fsp3) is 0.400. The predicted molar refractivity (Wildman–Crippen MR) is 55.3 cm³/mol. The van der Waals surface area contributed by atoms with E-state index in [1.165, 1.54) is 0 Å². The molecule has 0 aliphatic carbocycles. The lowest BCUT2D eigenvalue weighted by molar-refractivity contribution is 0.481. The van der Waals surface area contributed by atoms with Gasteiger partial charge in [0.2, 0.25) is 0 Å². The van der Waals surface area contributed by atoms with Gasteiger partial charge in [0.1, 0.15) is 0 Å². The van der Waals surface area contributed by atoms with Gasteiger partial charge >= 0.3 is 0 Å². The number of anilines is 1. The summed E-state index contributed by atoms with van der Waals surface area (Å²) >= 11 is 5.91. The highest BCUT2D eigenvalue weighted by atomic mass is 35.5. The molecule has 1 aromatic carbocycles. The van der Waals surface area contributed by atoms with Gasteiger partial charge in [0.05, 0.1) is 6.67 Å². The molecule has 0 radical (unpaired) electrons. The quantitative estimate of drug-likeness (QED) is 0.737. The van der Waals surface area contributed by atoms with E-state index < -0.39 is 0 Å². The van der Waals surface area contributed by atoms with Crippen LogP contribution in [-0.4, -0.2) is 13.2 Å². The highest BCUT2D eigenvalue weighted by Crippen LogP contribution is 2.22. The third-order valence-electron chi connectivity index (χ3n) is 1.89. The largest absolute Gasteiger partial charge is 0.385 e. The Hall–Kier alpha value is -0.760. The molecule has 0 aliphatic rings. The van der Waals surface area contributed by atoms with Gasteiger partial charge in [-0.2, -0.15) is 0 Å². The molecule has 0 aromatic heterocycles. The number of benzene rings is 1. The second-order valence-electron chi connectivity index (χ2n) is 2.88. The van der Waals surface area contributed by atoms with E-state index in [1.807, 2.05) is 25.1 Å². The average Bonchev–Trinajstić information content (AvgIpc) is 2.13. The summed E-state index contributed by atoms with van der Waals surface area (Å²) in [5.74, 6) is 0. The van der Waals surface area contributed by atoms with Crippen LogP contribution in [0.2, 0.25) is 5.02 Å². The molecule has 0 saturated carbocycles. The number of hydrogen-bond acceptors (Lipinski definition) is 1. The van der Waals surface area contributed by atoms with Gasteiger partial charge in [0.25, 0.3) is 0 Å². The van der Waals surface area contributed by atoms with Gasteiger partial charge in [-0.05, 0) is 31.0 Å². The van der Waals surface area contributed by atoms with Gasteiger partial charge in [-0.25, -0.2) is 0 Å². The number of rotatable bonds is 4. The topological polar surface area (TPSA) is 12.0 Å². The van der Waals surface area contributed by atoms with Gasteiger partial charge in [-0.15, -0.1) is 0 Å². The third kappa shape index (κ3) is 2.88. The molecule has 1 aromatic rings. The Kier molecular flexibility index (Phi) is 4.03. The van der Waals surface area contributed by atoms with Crippen molar-refractivity contribution < 1.29 is 4.39 Å². The van der Waals surface area contributed by atoms with Gasteiger partial charge < -0.3 is 5.32 Å². The molecule has 0 saturated heterocycles. The summed E-state index contributed by atoms with van der Waals surface area (Å²) in [6, 6.07) is 5.67. The molecule has 13 heavy (non-hydrogen) atoms. The Balaban J connectivity index is 2.61. The predicted octanol–water partition coefficient (Wildman–Crippen LogP) is 3.42. The highest BCUT2D eigenvalue weighted by Gasteiger charge is 1.99. The Morgan fingerprint density at radius 2 is 2.23 bits per heavy atom. The van der Waals surface area contributed by atoms with Crippen molar-refractivity contribution in [2.45, 2.75) is 13.3 Å². The number of nitrogens with one attached hydrogen (secondary N) is 1. The average molecular weight is 202 g/mol. The first-order chi connectivity index (χ1) is 6.25. The molecule has 0 aliphatic heterocycles. The number of halogens is 2. The van der Waals surface area contributed by atoms with Crippen molar-refractivity contribution in [2.24, 2.45) is 0 Å². The molecule has 0 spiro atoms. The third-order valence-corrected chi connectivity index (χ3v) is 2.30. The van der Waals surface area contributed by atoms with Crippen LogP contribution in [-0.2, 0) is 0 Å².